The fraction of sp³-hybridized carbons (Fsp3) is 0.385. The standard InChI is InChI=1S/C13H14N2O5/c1-8-6-9-4-5-14(12(16)2-3-13(17)18)11(9)7-10(8)15(19)20/h6-7H,2-5H2,1H3,(H,17,18). The van der Waals surface area contributed by atoms with Crippen LogP contribution in [0.3, 0.4) is 0 Å². The first-order valence-electron chi connectivity index (χ1n) is 6.20. The molecule has 0 aromatic heterocycles. The average Bonchev–Trinajstić information content (AvgIpc) is 2.77. The maximum atomic E-state index is 12.0. The molecule has 0 fully saturated rings. The smallest absolute Gasteiger partial charge is 0.303 e. The second-order valence-electron chi connectivity index (χ2n) is 4.71. The van der Waals surface area contributed by atoms with Crippen LogP contribution in [0.25, 0.3) is 0 Å². The summed E-state index contributed by atoms with van der Waals surface area (Å²) in [6.45, 7) is 2.10. The van der Waals surface area contributed by atoms with Crippen molar-refractivity contribution in [2.75, 3.05) is 11.4 Å². The number of nitro benzene ring substituents is 1. The molecule has 1 heterocycles. The van der Waals surface area contributed by atoms with Crippen molar-refractivity contribution in [3.05, 3.63) is 33.4 Å². The summed E-state index contributed by atoms with van der Waals surface area (Å²) in [5, 5.41) is 19.5. The van der Waals surface area contributed by atoms with Crippen LogP contribution in [0, 0.1) is 17.0 Å². The number of carboxylic acid groups (broad SMARTS) is 1. The van der Waals surface area contributed by atoms with Crippen molar-refractivity contribution in [2.24, 2.45) is 0 Å². The number of carboxylic acids is 1. The number of anilines is 1. The van der Waals surface area contributed by atoms with E-state index in [1.54, 1.807) is 13.0 Å². The molecule has 1 amide bonds. The largest absolute Gasteiger partial charge is 0.481 e. The zero-order valence-corrected chi connectivity index (χ0v) is 11.0. The minimum atomic E-state index is -1.03. The van der Waals surface area contributed by atoms with Crippen LogP contribution >= 0.6 is 0 Å². The third-order valence-electron chi connectivity index (χ3n) is 3.34. The van der Waals surface area contributed by atoms with E-state index in [0.29, 0.717) is 24.2 Å². The predicted octanol–water partition coefficient (Wildman–Crippen LogP) is 1.66. The quantitative estimate of drug-likeness (QED) is 0.666. The summed E-state index contributed by atoms with van der Waals surface area (Å²) < 4.78 is 0. The van der Waals surface area contributed by atoms with E-state index in [1.165, 1.54) is 11.0 Å². The molecule has 7 heteroatoms. The molecule has 1 N–H and O–H groups in total. The molecule has 20 heavy (non-hydrogen) atoms. The van der Waals surface area contributed by atoms with Crippen molar-refractivity contribution >= 4 is 23.3 Å². The minimum Gasteiger partial charge on any atom is -0.481 e. The van der Waals surface area contributed by atoms with Gasteiger partial charge in [0.25, 0.3) is 5.69 Å². The number of nitrogens with zero attached hydrogens (tertiary/aromatic N) is 2. The molecule has 0 spiro atoms. The molecule has 0 radical (unpaired) electrons. The first-order valence-corrected chi connectivity index (χ1v) is 6.20. The molecule has 106 valence electrons. The second-order valence-corrected chi connectivity index (χ2v) is 4.71. The predicted molar refractivity (Wildman–Crippen MR) is 70.8 cm³/mol. The number of carbonyl (C=O) groups is 2. The Labute approximate surface area is 115 Å². The highest BCUT2D eigenvalue weighted by molar-refractivity contribution is 5.97. The van der Waals surface area contributed by atoms with Crippen LogP contribution in [0.4, 0.5) is 11.4 Å². The molecule has 0 saturated carbocycles. The second kappa shape index (κ2) is 5.28. The molecule has 1 aliphatic rings. The number of amides is 1. The molecular weight excluding hydrogens is 264 g/mol. The number of rotatable bonds is 4. The van der Waals surface area contributed by atoms with Gasteiger partial charge in [-0.05, 0) is 25.0 Å². The molecule has 1 aliphatic heterocycles. The lowest BCUT2D eigenvalue weighted by atomic mass is 10.1. The Morgan fingerprint density at radius 3 is 2.70 bits per heavy atom. The van der Waals surface area contributed by atoms with Crippen molar-refractivity contribution in [1.82, 2.24) is 0 Å². The van der Waals surface area contributed by atoms with Gasteiger partial charge in [-0.25, -0.2) is 0 Å². The van der Waals surface area contributed by atoms with Gasteiger partial charge >= 0.3 is 5.97 Å². The minimum absolute atomic E-state index is 0.0262. The molecule has 2 rings (SSSR count). The van der Waals surface area contributed by atoms with Gasteiger partial charge in [-0.3, -0.25) is 19.7 Å². The Kier molecular flexibility index (Phi) is 3.69. The van der Waals surface area contributed by atoms with Gasteiger partial charge in [0.15, 0.2) is 0 Å². The molecular formula is C13H14N2O5. The van der Waals surface area contributed by atoms with Crippen molar-refractivity contribution in [3.8, 4) is 0 Å². The Hall–Kier alpha value is -2.44. The van der Waals surface area contributed by atoms with E-state index in [-0.39, 0.29) is 24.4 Å². The van der Waals surface area contributed by atoms with Gasteiger partial charge in [-0.15, -0.1) is 0 Å². The normalized spacial score (nSPS) is 13.2. The van der Waals surface area contributed by atoms with Crippen LogP contribution in [0.5, 0.6) is 0 Å². The lowest BCUT2D eigenvalue weighted by Crippen LogP contribution is -2.29. The number of fused-ring (bicyclic) bond motifs is 1. The highest BCUT2D eigenvalue weighted by atomic mass is 16.6. The summed E-state index contributed by atoms with van der Waals surface area (Å²) in [6.07, 6.45) is 0.294. The van der Waals surface area contributed by atoms with Crippen LogP contribution in [0.1, 0.15) is 24.0 Å². The van der Waals surface area contributed by atoms with Crippen LogP contribution in [-0.4, -0.2) is 28.5 Å². The Bertz CT molecular complexity index is 597. The van der Waals surface area contributed by atoms with Gasteiger partial charge < -0.3 is 10.0 Å². The summed E-state index contributed by atoms with van der Waals surface area (Å²) >= 11 is 0. The zero-order valence-electron chi connectivity index (χ0n) is 11.0. The van der Waals surface area contributed by atoms with Crippen molar-refractivity contribution in [3.63, 3.8) is 0 Å². The summed E-state index contributed by atoms with van der Waals surface area (Å²) in [4.78, 5) is 34.4. The zero-order chi connectivity index (χ0) is 14.9. The monoisotopic (exact) mass is 278 g/mol. The number of aryl methyl sites for hydroxylation is 1. The first-order chi connectivity index (χ1) is 9.40. The molecule has 0 unspecified atom stereocenters. The summed E-state index contributed by atoms with van der Waals surface area (Å²) in [7, 11) is 0. The van der Waals surface area contributed by atoms with Gasteiger partial charge in [0.2, 0.25) is 5.91 Å². The average molecular weight is 278 g/mol. The van der Waals surface area contributed by atoms with Crippen LogP contribution in [-0.2, 0) is 16.0 Å². The van der Waals surface area contributed by atoms with Crippen LogP contribution in [0.2, 0.25) is 0 Å². The van der Waals surface area contributed by atoms with Gasteiger partial charge in [-0.2, -0.15) is 0 Å². The Morgan fingerprint density at radius 1 is 1.40 bits per heavy atom. The van der Waals surface area contributed by atoms with Crippen molar-refractivity contribution in [2.45, 2.75) is 26.2 Å². The number of hydrogen-bond acceptors (Lipinski definition) is 4. The molecule has 0 saturated heterocycles. The van der Waals surface area contributed by atoms with E-state index in [2.05, 4.69) is 0 Å². The number of hydrogen-bond donors (Lipinski definition) is 1. The number of carbonyl (C=O) groups excluding carboxylic acids is 1. The maximum Gasteiger partial charge on any atom is 0.303 e. The summed E-state index contributed by atoms with van der Waals surface area (Å²) in [6, 6.07) is 3.12. The fourth-order valence-corrected chi connectivity index (χ4v) is 2.35. The molecule has 1 aromatic rings. The van der Waals surface area contributed by atoms with E-state index >= 15 is 0 Å². The first kappa shape index (κ1) is 14.0. The van der Waals surface area contributed by atoms with E-state index in [1.807, 2.05) is 0 Å². The lowest BCUT2D eigenvalue weighted by molar-refractivity contribution is -0.385. The molecule has 0 atom stereocenters. The SMILES string of the molecule is Cc1cc2c(cc1[N+](=O)[O-])N(C(=O)CCC(=O)O)CC2. The van der Waals surface area contributed by atoms with Gasteiger partial charge in [-0.1, -0.05) is 0 Å². The van der Waals surface area contributed by atoms with Gasteiger partial charge in [0.1, 0.15) is 0 Å². The lowest BCUT2D eigenvalue weighted by Gasteiger charge is -2.17. The number of benzene rings is 1. The van der Waals surface area contributed by atoms with E-state index in [4.69, 9.17) is 5.11 Å². The topological polar surface area (TPSA) is 101 Å². The Balaban J connectivity index is 2.27. The Morgan fingerprint density at radius 2 is 2.10 bits per heavy atom. The third kappa shape index (κ3) is 2.61. The van der Waals surface area contributed by atoms with Crippen molar-refractivity contribution < 1.29 is 19.6 Å². The number of aliphatic carboxylic acids is 1. The van der Waals surface area contributed by atoms with E-state index in [0.717, 1.165) is 5.56 Å². The summed E-state index contributed by atoms with van der Waals surface area (Å²) in [5.41, 5.74) is 1.95. The fourth-order valence-electron chi connectivity index (χ4n) is 2.35. The molecule has 1 aromatic carbocycles. The molecule has 0 bridgehead atoms. The third-order valence-corrected chi connectivity index (χ3v) is 3.34. The van der Waals surface area contributed by atoms with Gasteiger partial charge in [0.05, 0.1) is 17.0 Å². The number of nitro groups is 1. The highest BCUT2D eigenvalue weighted by Gasteiger charge is 2.28. The van der Waals surface area contributed by atoms with Gasteiger partial charge in [0, 0.05) is 24.6 Å². The van der Waals surface area contributed by atoms with Crippen LogP contribution < -0.4 is 4.90 Å². The van der Waals surface area contributed by atoms with Crippen molar-refractivity contribution in [1.29, 1.82) is 0 Å². The van der Waals surface area contributed by atoms with E-state index in [9.17, 15) is 19.7 Å². The molecule has 7 nitrogen and oxygen atoms in total. The highest BCUT2D eigenvalue weighted by Crippen LogP contribution is 2.34. The van der Waals surface area contributed by atoms with Crippen LogP contribution in [0.15, 0.2) is 12.1 Å². The summed E-state index contributed by atoms with van der Waals surface area (Å²) in [5.74, 6) is -1.35. The maximum absolute atomic E-state index is 12.0. The van der Waals surface area contributed by atoms with E-state index < -0.39 is 10.9 Å². The molecule has 0 aliphatic carbocycles.